The molecule has 0 saturated carbocycles. The molecule has 14 heavy (non-hydrogen) atoms. The molecular formula is C8H17NO4S. The molecule has 1 atom stereocenters. The molecule has 0 heterocycles. The molecule has 0 saturated heterocycles. The predicted molar refractivity (Wildman–Crippen MR) is 54.0 cm³/mol. The number of rotatable bonds is 7. The van der Waals surface area contributed by atoms with E-state index < -0.39 is 15.8 Å². The standard InChI is InChI=1S/C8H17NO4S/c1-7(3-4-8(10)11)9-5-6-14(2,12)13/h7,9H,3-6H2,1-2H3,(H,10,11). The van der Waals surface area contributed by atoms with Crippen molar-refractivity contribution < 1.29 is 18.3 Å². The first kappa shape index (κ1) is 13.4. The Morgan fingerprint density at radius 3 is 2.50 bits per heavy atom. The number of sulfone groups is 1. The van der Waals surface area contributed by atoms with Crippen molar-refractivity contribution in [2.45, 2.75) is 25.8 Å². The van der Waals surface area contributed by atoms with Gasteiger partial charge in [-0.1, -0.05) is 0 Å². The largest absolute Gasteiger partial charge is 0.481 e. The van der Waals surface area contributed by atoms with Crippen molar-refractivity contribution in [2.24, 2.45) is 0 Å². The second-order valence-electron chi connectivity index (χ2n) is 3.42. The zero-order valence-corrected chi connectivity index (χ0v) is 9.30. The van der Waals surface area contributed by atoms with Crippen LogP contribution >= 0.6 is 0 Å². The van der Waals surface area contributed by atoms with Gasteiger partial charge >= 0.3 is 5.97 Å². The summed E-state index contributed by atoms with van der Waals surface area (Å²) in [4.78, 5) is 10.2. The Hall–Kier alpha value is -0.620. The van der Waals surface area contributed by atoms with Gasteiger partial charge < -0.3 is 10.4 Å². The summed E-state index contributed by atoms with van der Waals surface area (Å²) in [6, 6.07) is 0.0350. The molecule has 0 aromatic rings. The van der Waals surface area contributed by atoms with Gasteiger partial charge in [-0.3, -0.25) is 4.79 Å². The smallest absolute Gasteiger partial charge is 0.303 e. The number of hydrogen-bond donors (Lipinski definition) is 2. The van der Waals surface area contributed by atoms with Crippen LogP contribution in [0.4, 0.5) is 0 Å². The van der Waals surface area contributed by atoms with E-state index in [1.165, 1.54) is 6.26 Å². The second-order valence-corrected chi connectivity index (χ2v) is 5.68. The van der Waals surface area contributed by atoms with Gasteiger partial charge in [0.25, 0.3) is 0 Å². The molecule has 0 aliphatic rings. The highest BCUT2D eigenvalue weighted by Crippen LogP contribution is 1.95. The molecule has 6 heteroatoms. The molecule has 0 spiro atoms. The van der Waals surface area contributed by atoms with Gasteiger partial charge in [0.15, 0.2) is 0 Å². The van der Waals surface area contributed by atoms with E-state index in [9.17, 15) is 13.2 Å². The number of aliphatic carboxylic acids is 1. The summed E-state index contributed by atoms with van der Waals surface area (Å²) in [5, 5.41) is 11.3. The number of hydrogen-bond acceptors (Lipinski definition) is 4. The molecule has 2 N–H and O–H groups in total. The summed E-state index contributed by atoms with van der Waals surface area (Å²) in [5.41, 5.74) is 0. The summed E-state index contributed by atoms with van der Waals surface area (Å²) >= 11 is 0. The molecule has 0 amide bonds. The van der Waals surface area contributed by atoms with Crippen molar-refractivity contribution in [1.82, 2.24) is 5.32 Å². The molecule has 0 bridgehead atoms. The Balaban J connectivity index is 3.54. The van der Waals surface area contributed by atoms with E-state index in [2.05, 4.69) is 5.32 Å². The van der Waals surface area contributed by atoms with Crippen molar-refractivity contribution >= 4 is 15.8 Å². The van der Waals surface area contributed by atoms with Crippen LogP contribution in [0.15, 0.2) is 0 Å². The second kappa shape index (κ2) is 5.98. The molecular weight excluding hydrogens is 206 g/mol. The fraction of sp³-hybridized carbons (Fsp3) is 0.875. The minimum atomic E-state index is -2.93. The van der Waals surface area contributed by atoms with Crippen molar-refractivity contribution in [3.8, 4) is 0 Å². The summed E-state index contributed by atoms with van der Waals surface area (Å²) in [7, 11) is -2.93. The van der Waals surface area contributed by atoms with E-state index in [1.807, 2.05) is 6.92 Å². The van der Waals surface area contributed by atoms with E-state index in [1.54, 1.807) is 0 Å². The Labute approximate surface area is 84.4 Å². The zero-order chi connectivity index (χ0) is 11.2. The lowest BCUT2D eigenvalue weighted by atomic mass is 10.2. The van der Waals surface area contributed by atoms with Crippen LogP contribution in [0.3, 0.4) is 0 Å². The molecule has 0 fully saturated rings. The Morgan fingerprint density at radius 1 is 1.50 bits per heavy atom. The maximum Gasteiger partial charge on any atom is 0.303 e. The maximum absolute atomic E-state index is 10.7. The van der Waals surface area contributed by atoms with E-state index in [0.29, 0.717) is 13.0 Å². The van der Waals surface area contributed by atoms with Gasteiger partial charge in [-0.05, 0) is 13.3 Å². The summed E-state index contributed by atoms with van der Waals surface area (Å²) in [6.45, 7) is 2.21. The average Bonchev–Trinajstić information content (AvgIpc) is 1.98. The van der Waals surface area contributed by atoms with Crippen molar-refractivity contribution in [3.63, 3.8) is 0 Å². The lowest BCUT2D eigenvalue weighted by molar-refractivity contribution is -0.137. The summed E-state index contributed by atoms with van der Waals surface area (Å²) in [6.07, 6.45) is 1.79. The van der Waals surface area contributed by atoms with Crippen LogP contribution in [-0.4, -0.2) is 44.1 Å². The quantitative estimate of drug-likeness (QED) is 0.628. The third kappa shape index (κ3) is 9.47. The number of nitrogens with one attached hydrogen (secondary N) is 1. The maximum atomic E-state index is 10.7. The van der Waals surface area contributed by atoms with Crippen LogP contribution in [-0.2, 0) is 14.6 Å². The topological polar surface area (TPSA) is 83.5 Å². The van der Waals surface area contributed by atoms with E-state index in [0.717, 1.165) is 0 Å². The van der Waals surface area contributed by atoms with Crippen molar-refractivity contribution in [3.05, 3.63) is 0 Å². The molecule has 5 nitrogen and oxygen atoms in total. The normalized spacial score (nSPS) is 13.9. The molecule has 0 aromatic heterocycles. The average molecular weight is 223 g/mol. The van der Waals surface area contributed by atoms with Crippen molar-refractivity contribution in [2.75, 3.05) is 18.6 Å². The SMILES string of the molecule is CC(CCC(=O)O)NCCS(C)(=O)=O. The van der Waals surface area contributed by atoms with Gasteiger partial charge in [-0.2, -0.15) is 0 Å². The van der Waals surface area contributed by atoms with Crippen LogP contribution in [0.2, 0.25) is 0 Å². The van der Waals surface area contributed by atoms with Crippen molar-refractivity contribution in [1.29, 1.82) is 0 Å². The highest BCUT2D eigenvalue weighted by molar-refractivity contribution is 7.90. The van der Waals surface area contributed by atoms with E-state index >= 15 is 0 Å². The molecule has 0 aliphatic carbocycles. The molecule has 1 unspecified atom stereocenters. The predicted octanol–water partition coefficient (Wildman–Crippen LogP) is -0.126. The molecule has 0 aromatic carbocycles. The minimum absolute atomic E-state index is 0.0350. The highest BCUT2D eigenvalue weighted by Gasteiger charge is 2.06. The zero-order valence-electron chi connectivity index (χ0n) is 8.49. The third-order valence-electron chi connectivity index (χ3n) is 1.76. The Morgan fingerprint density at radius 2 is 2.07 bits per heavy atom. The van der Waals surface area contributed by atoms with E-state index in [4.69, 9.17) is 5.11 Å². The van der Waals surface area contributed by atoms with Crippen LogP contribution in [0, 0.1) is 0 Å². The van der Waals surface area contributed by atoms with Crippen LogP contribution in [0.5, 0.6) is 0 Å². The number of carboxylic acids is 1. The lowest BCUT2D eigenvalue weighted by Crippen LogP contribution is -2.31. The highest BCUT2D eigenvalue weighted by atomic mass is 32.2. The molecule has 0 aliphatic heterocycles. The summed E-state index contributed by atoms with van der Waals surface area (Å²) in [5.74, 6) is -0.744. The first-order chi connectivity index (χ1) is 6.31. The first-order valence-corrected chi connectivity index (χ1v) is 6.50. The summed E-state index contributed by atoms with van der Waals surface area (Å²) < 4.78 is 21.5. The van der Waals surface area contributed by atoms with E-state index in [-0.39, 0.29) is 18.2 Å². The molecule has 0 radical (unpaired) electrons. The Bertz CT molecular complexity index is 273. The fourth-order valence-corrected chi connectivity index (χ4v) is 1.42. The van der Waals surface area contributed by atoms with Gasteiger partial charge in [-0.25, -0.2) is 8.42 Å². The number of carbonyl (C=O) groups is 1. The van der Waals surface area contributed by atoms with Crippen LogP contribution in [0.1, 0.15) is 19.8 Å². The fourth-order valence-electron chi connectivity index (χ4n) is 0.933. The monoisotopic (exact) mass is 223 g/mol. The molecule has 0 rings (SSSR count). The lowest BCUT2D eigenvalue weighted by Gasteiger charge is -2.11. The molecule has 84 valence electrons. The van der Waals surface area contributed by atoms with Gasteiger partial charge in [0, 0.05) is 25.3 Å². The minimum Gasteiger partial charge on any atom is -0.481 e. The number of carboxylic acid groups (broad SMARTS) is 1. The first-order valence-electron chi connectivity index (χ1n) is 4.44. The van der Waals surface area contributed by atoms with Gasteiger partial charge in [0.05, 0.1) is 5.75 Å². The van der Waals surface area contributed by atoms with Crippen LogP contribution in [0.25, 0.3) is 0 Å². The van der Waals surface area contributed by atoms with Gasteiger partial charge in [-0.15, -0.1) is 0 Å². The Kier molecular flexibility index (Phi) is 5.71. The third-order valence-corrected chi connectivity index (χ3v) is 2.70. The van der Waals surface area contributed by atoms with Gasteiger partial charge in [0.2, 0.25) is 0 Å². The van der Waals surface area contributed by atoms with Crippen LogP contribution < -0.4 is 5.32 Å². The van der Waals surface area contributed by atoms with Gasteiger partial charge in [0.1, 0.15) is 9.84 Å².